The Labute approximate surface area is 132 Å². The highest BCUT2D eigenvalue weighted by atomic mass is 16.7. The minimum Gasteiger partial charge on any atom is -0.394 e. The highest BCUT2D eigenvalue weighted by molar-refractivity contribution is 4.94. The Balaban J connectivity index is 2.11. The molecule has 2 heterocycles. The molecule has 0 radical (unpaired) electrons. The van der Waals surface area contributed by atoms with Crippen LogP contribution in [0.2, 0.25) is 0 Å². The number of hydrogen-bond donors (Lipinski definition) is 7. The third-order valence-electron chi connectivity index (χ3n) is 4.24. The highest BCUT2D eigenvalue weighted by Crippen LogP contribution is 2.28. The lowest BCUT2D eigenvalue weighted by atomic mass is 9.95. The predicted molar refractivity (Wildman–Crippen MR) is 72.1 cm³/mol. The summed E-state index contributed by atoms with van der Waals surface area (Å²) < 4.78 is 15.9. The van der Waals surface area contributed by atoms with E-state index in [1.165, 1.54) is 6.92 Å². The van der Waals surface area contributed by atoms with E-state index in [0.717, 1.165) is 0 Å². The van der Waals surface area contributed by atoms with Gasteiger partial charge in [-0.2, -0.15) is 0 Å². The Morgan fingerprint density at radius 2 is 1.35 bits per heavy atom. The largest absolute Gasteiger partial charge is 0.394 e. The van der Waals surface area contributed by atoms with Gasteiger partial charge < -0.3 is 50.0 Å². The lowest BCUT2D eigenvalue weighted by Crippen LogP contribution is -2.64. The van der Waals surface area contributed by atoms with E-state index in [1.54, 1.807) is 0 Å². The van der Waals surface area contributed by atoms with E-state index in [0.29, 0.717) is 0 Å². The van der Waals surface area contributed by atoms with Gasteiger partial charge in [-0.1, -0.05) is 0 Å². The zero-order valence-electron chi connectivity index (χ0n) is 12.5. The van der Waals surface area contributed by atoms with Crippen molar-refractivity contribution in [2.75, 3.05) is 13.2 Å². The molecule has 10 atom stereocenters. The molecule has 0 spiro atoms. The molecule has 2 aliphatic heterocycles. The van der Waals surface area contributed by atoms with E-state index in [9.17, 15) is 30.6 Å². The van der Waals surface area contributed by atoms with Crippen LogP contribution in [0.4, 0.5) is 0 Å². The average molecular weight is 340 g/mol. The molecule has 0 bridgehead atoms. The van der Waals surface area contributed by atoms with Crippen molar-refractivity contribution in [1.82, 2.24) is 0 Å². The summed E-state index contributed by atoms with van der Waals surface area (Å²) in [6, 6.07) is 0. The molecule has 2 saturated heterocycles. The van der Waals surface area contributed by atoms with E-state index in [1.807, 2.05) is 0 Å². The van der Waals surface area contributed by atoms with Crippen molar-refractivity contribution >= 4 is 0 Å². The number of aliphatic hydroxyl groups excluding tert-OH is 7. The molecule has 2 aliphatic rings. The van der Waals surface area contributed by atoms with Crippen LogP contribution in [0.25, 0.3) is 0 Å². The van der Waals surface area contributed by atoms with Crippen molar-refractivity contribution < 1.29 is 50.0 Å². The maximum atomic E-state index is 10.1. The number of aliphatic hydroxyl groups is 7. The SMILES string of the molecule is C[C@@H]1O[C@H](CO)[C@@H](OC2O[C@H](CO)[C@@H](O)[C@H](O)[C@H]2O)[C@H](O)[C@H]1O. The molecule has 0 aromatic rings. The summed E-state index contributed by atoms with van der Waals surface area (Å²) >= 11 is 0. The van der Waals surface area contributed by atoms with E-state index >= 15 is 0 Å². The van der Waals surface area contributed by atoms with Gasteiger partial charge in [-0.3, -0.25) is 0 Å². The van der Waals surface area contributed by atoms with Gasteiger partial charge in [0.2, 0.25) is 0 Å². The monoisotopic (exact) mass is 340 g/mol. The average Bonchev–Trinajstić information content (AvgIpc) is 2.55. The Morgan fingerprint density at radius 3 is 1.91 bits per heavy atom. The van der Waals surface area contributed by atoms with Crippen molar-refractivity contribution in [1.29, 1.82) is 0 Å². The van der Waals surface area contributed by atoms with Gasteiger partial charge in [-0.15, -0.1) is 0 Å². The van der Waals surface area contributed by atoms with Crippen molar-refractivity contribution in [2.24, 2.45) is 0 Å². The Morgan fingerprint density at radius 1 is 0.739 bits per heavy atom. The zero-order valence-corrected chi connectivity index (χ0v) is 12.5. The summed E-state index contributed by atoms with van der Waals surface area (Å²) in [7, 11) is 0. The van der Waals surface area contributed by atoms with Crippen LogP contribution in [0.5, 0.6) is 0 Å². The van der Waals surface area contributed by atoms with E-state index < -0.39 is 74.4 Å². The second kappa shape index (κ2) is 7.66. The van der Waals surface area contributed by atoms with Crippen LogP contribution in [0.15, 0.2) is 0 Å². The van der Waals surface area contributed by atoms with Gasteiger partial charge in [-0.05, 0) is 6.92 Å². The van der Waals surface area contributed by atoms with Gasteiger partial charge in [0.05, 0.1) is 19.3 Å². The van der Waals surface area contributed by atoms with Crippen molar-refractivity contribution in [2.45, 2.75) is 68.1 Å². The molecule has 0 saturated carbocycles. The molecular formula is C13H24O10. The van der Waals surface area contributed by atoms with Crippen LogP contribution in [0, 0.1) is 0 Å². The Bertz CT molecular complexity index is 378. The summed E-state index contributed by atoms with van der Waals surface area (Å²) in [6.07, 6.45) is -13.2. The Hall–Kier alpha value is -0.400. The van der Waals surface area contributed by atoms with Crippen LogP contribution in [-0.4, -0.2) is 110 Å². The minimum atomic E-state index is -1.66. The van der Waals surface area contributed by atoms with E-state index in [4.69, 9.17) is 19.3 Å². The predicted octanol–water partition coefficient (Wildman–Crippen LogP) is -4.33. The second-order valence-corrected chi connectivity index (χ2v) is 5.84. The molecule has 23 heavy (non-hydrogen) atoms. The molecule has 2 rings (SSSR count). The van der Waals surface area contributed by atoms with Crippen LogP contribution in [-0.2, 0) is 14.2 Å². The van der Waals surface area contributed by atoms with Gasteiger partial charge in [0.15, 0.2) is 6.29 Å². The van der Waals surface area contributed by atoms with Gasteiger partial charge in [0.1, 0.15) is 48.8 Å². The summed E-state index contributed by atoms with van der Waals surface area (Å²) in [5, 5.41) is 67.8. The first kappa shape index (κ1) is 18.9. The van der Waals surface area contributed by atoms with Gasteiger partial charge >= 0.3 is 0 Å². The molecule has 0 aromatic heterocycles. The molecule has 0 aromatic carbocycles. The highest BCUT2D eigenvalue weighted by Gasteiger charge is 2.49. The number of rotatable bonds is 4. The van der Waals surface area contributed by atoms with Crippen molar-refractivity contribution in [3.05, 3.63) is 0 Å². The van der Waals surface area contributed by atoms with Crippen LogP contribution < -0.4 is 0 Å². The molecule has 10 heteroatoms. The summed E-state index contributed by atoms with van der Waals surface area (Å²) in [5.41, 5.74) is 0. The lowest BCUT2D eigenvalue weighted by molar-refractivity contribution is -0.341. The number of hydrogen-bond acceptors (Lipinski definition) is 10. The first-order valence-electron chi connectivity index (χ1n) is 7.40. The molecule has 7 N–H and O–H groups in total. The third kappa shape index (κ3) is 3.66. The smallest absolute Gasteiger partial charge is 0.187 e. The fourth-order valence-corrected chi connectivity index (χ4v) is 2.78. The molecule has 0 amide bonds. The first-order valence-corrected chi connectivity index (χ1v) is 7.40. The quantitative estimate of drug-likeness (QED) is 0.265. The zero-order chi connectivity index (χ0) is 17.3. The molecule has 0 aliphatic carbocycles. The molecule has 1 unspecified atom stereocenters. The third-order valence-corrected chi connectivity index (χ3v) is 4.24. The first-order chi connectivity index (χ1) is 10.8. The van der Waals surface area contributed by atoms with Crippen molar-refractivity contribution in [3.8, 4) is 0 Å². The van der Waals surface area contributed by atoms with Gasteiger partial charge in [-0.25, -0.2) is 0 Å². The van der Waals surface area contributed by atoms with Crippen LogP contribution >= 0.6 is 0 Å². The maximum Gasteiger partial charge on any atom is 0.187 e. The fourth-order valence-electron chi connectivity index (χ4n) is 2.78. The number of ether oxygens (including phenoxy) is 3. The van der Waals surface area contributed by atoms with Gasteiger partial charge in [0.25, 0.3) is 0 Å². The van der Waals surface area contributed by atoms with E-state index in [-0.39, 0.29) is 0 Å². The standard InChI is InChI=1S/C13H24O10/c1-4-7(16)10(19)12(6(3-15)21-4)23-13-11(20)9(18)8(17)5(2-14)22-13/h4-20H,2-3H2,1H3/t4-,5+,6+,7-,8+,9-,10+,11+,12+,13?/m0/s1. The van der Waals surface area contributed by atoms with Crippen LogP contribution in [0.1, 0.15) is 6.92 Å². The summed E-state index contributed by atoms with van der Waals surface area (Å²) in [4.78, 5) is 0. The second-order valence-electron chi connectivity index (χ2n) is 5.84. The molecule has 136 valence electrons. The van der Waals surface area contributed by atoms with Crippen LogP contribution in [0.3, 0.4) is 0 Å². The summed E-state index contributed by atoms with van der Waals surface area (Å²) in [6.45, 7) is 0.369. The molecule has 2 fully saturated rings. The summed E-state index contributed by atoms with van der Waals surface area (Å²) in [5.74, 6) is 0. The normalized spacial score (nSPS) is 51.7. The van der Waals surface area contributed by atoms with Gasteiger partial charge in [0, 0.05) is 0 Å². The van der Waals surface area contributed by atoms with Crippen molar-refractivity contribution in [3.63, 3.8) is 0 Å². The molecular weight excluding hydrogens is 316 g/mol. The fraction of sp³-hybridized carbons (Fsp3) is 1.00. The molecule has 10 nitrogen and oxygen atoms in total. The van der Waals surface area contributed by atoms with E-state index in [2.05, 4.69) is 0 Å². The Kier molecular flexibility index (Phi) is 6.30. The minimum absolute atomic E-state index is 0.518. The lowest BCUT2D eigenvalue weighted by Gasteiger charge is -2.45. The maximum absolute atomic E-state index is 10.1. The topological polar surface area (TPSA) is 169 Å².